The van der Waals surface area contributed by atoms with Gasteiger partial charge in [-0.2, -0.15) is 5.10 Å². The zero-order valence-corrected chi connectivity index (χ0v) is 17.1. The smallest absolute Gasteiger partial charge is 0.412 e. The molecule has 0 saturated carbocycles. The average molecular weight is 419 g/mol. The second kappa shape index (κ2) is 8.03. The Morgan fingerprint density at radius 2 is 1.94 bits per heavy atom. The van der Waals surface area contributed by atoms with E-state index >= 15 is 0 Å². The number of nitrogens with zero attached hydrogens (tertiary/aromatic N) is 3. The number of carbonyl (C=O) groups excluding carboxylic acids is 1. The number of benzene rings is 2. The first-order valence-corrected chi connectivity index (χ1v) is 10.6. The average Bonchev–Trinajstić information content (AvgIpc) is 3.22. The van der Waals surface area contributed by atoms with Gasteiger partial charge in [0, 0.05) is 23.7 Å². The van der Waals surface area contributed by atoms with Crippen LogP contribution in [-0.2, 0) is 6.54 Å². The Morgan fingerprint density at radius 3 is 2.61 bits per heavy atom. The summed E-state index contributed by atoms with van der Waals surface area (Å²) in [6.45, 7) is 3.32. The predicted molar refractivity (Wildman–Crippen MR) is 117 cm³/mol. The Kier molecular flexibility index (Phi) is 5.07. The van der Waals surface area contributed by atoms with Gasteiger partial charge in [0.1, 0.15) is 0 Å². The summed E-state index contributed by atoms with van der Waals surface area (Å²) in [6, 6.07) is 14.8. The lowest BCUT2D eigenvalue weighted by Gasteiger charge is -2.44. The summed E-state index contributed by atoms with van der Waals surface area (Å²) in [5, 5.41) is 20.7. The number of carboxylic acid groups (broad SMARTS) is 1. The van der Waals surface area contributed by atoms with Crippen molar-refractivity contribution in [1.29, 1.82) is 0 Å². The van der Waals surface area contributed by atoms with Crippen molar-refractivity contribution in [3.63, 3.8) is 0 Å². The highest BCUT2D eigenvalue weighted by atomic mass is 16.4. The molecule has 31 heavy (non-hydrogen) atoms. The van der Waals surface area contributed by atoms with Gasteiger partial charge in [-0.25, -0.2) is 4.79 Å². The van der Waals surface area contributed by atoms with Crippen LogP contribution in [-0.4, -0.2) is 57.9 Å². The number of rotatable bonds is 5. The third-order valence-electron chi connectivity index (χ3n) is 6.46. The number of aromatic amines is 1. The highest BCUT2D eigenvalue weighted by molar-refractivity contribution is 6.06. The molecule has 0 unspecified atom stereocenters. The number of H-pyrrole nitrogens is 1. The highest BCUT2D eigenvalue weighted by Gasteiger charge is 2.35. The molecule has 8 nitrogen and oxygen atoms in total. The van der Waals surface area contributed by atoms with Gasteiger partial charge in [0.2, 0.25) is 0 Å². The van der Waals surface area contributed by atoms with E-state index in [0.29, 0.717) is 28.2 Å². The maximum absolute atomic E-state index is 13.0. The summed E-state index contributed by atoms with van der Waals surface area (Å²) in [5.74, 6) is 0.301. The molecule has 0 spiro atoms. The lowest BCUT2D eigenvalue weighted by atomic mass is 9.84. The molecule has 3 aliphatic heterocycles. The molecule has 3 N–H and O–H groups in total. The minimum Gasteiger partial charge on any atom is -0.465 e. The molecule has 3 saturated heterocycles. The zero-order chi connectivity index (χ0) is 21.4. The van der Waals surface area contributed by atoms with Crippen molar-refractivity contribution in [3.8, 4) is 0 Å². The fraction of sp³-hybridized carbons (Fsp3) is 0.348. The van der Waals surface area contributed by atoms with Gasteiger partial charge in [-0.05, 0) is 55.6 Å². The van der Waals surface area contributed by atoms with Crippen LogP contribution in [0.1, 0.15) is 28.9 Å². The standard InChI is InChI=1S/C23H25N5O3/c29-22(24-20-14-27-10-8-16(20)9-11-27)21-18-12-17(6-7-19(18)25-26-21)28(23(30)31)13-15-4-2-1-3-5-15/h1-7,12,16,20H,8-11,13-14H2,(H,24,29)(H,25,26)(H,30,31)/t20-/m1/s1. The SMILES string of the molecule is O=C(N[C@@H]1CN2CCC1CC2)c1n[nH]c2ccc(N(Cc3ccccc3)C(=O)O)cc12. The number of hydrogen-bond donors (Lipinski definition) is 3. The Bertz CT molecular complexity index is 1100. The Balaban J connectivity index is 1.41. The second-order valence-corrected chi connectivity index (χ2v) is 8.37. The maximum atomic E-state index is 13.0. The lowest BCUT2D eigenvalue weighted by molar-refractivity contribution is 0.0618. The summed E-state index contributed by atoms with van der Waals surface area (Å²) in [7, 11) is 0. The normalized spacial score (nSPS) is 22.4. The number of carbonyl (C=O) groups is 2. The van der Waals surface area contributed by atoms with Gasteiger partial charge in [-0.3, -0.25) is 14.8 Å². The van der Waals surface area contributed by atoms with E-state index < -0.39 is 6.09 Å². The van der Waals surface area contributed by atoms with Crippen LogP contribution in [0.4, 0.5) is 10.5 Å². The number of nitrogens with one attached hydrogen (secondary N) is 2. The molecule has 6 rings (SSSR count). The first-order valence-electron chi connectivity index (χ1n) is 10.6. The quantitative estimate of drug-likeness (QED) is 0.590. The molecule has 2 aromatic carbocycles. The van der Waals surface area contributed by atoms with Gasteiger partial charge in [0.15, 0.2) is 5.69 Å². The van der Waals surface area contributed by atoms with E-state index in [9.17, 15) is 14.7 Å². The van der Waals surface area contributed by atoms with Gasteiger partial charge in [-0.15, -0.1) is 0 Å². The minimum atomic E-state index is -1.05. The van der Waals surface area contributed by atoms with Gasteiger partial charge in [-0.1, -0.05) is 30.3 Å². The van der Waals surface area contributed by atoms with Crippen molar-refractivity contribution < 1.29 is 14.7 Å². The van der Waals surface area contributed by atoms with E-state index in [1.54, 1.807) is 18.2 Å². The highest BCUT2D eigenvalue weighted by Crippen LogP contribution is 2.29. The molecule has 0 aliphatic carbocycles. The van der Waals surface area contributed by atoms with Crippen LogP contribution in [0.5, 0.6) is 0 Å². The second-order valence-electron chi connectivity index (χ2n) is 8.37. The predicted octanol–water partition coefficient (Wildman–Crippen LogP) is 3.07. The zero-order valence-electron chi connectivity index (χ0n) is 17.1. The van der Waals surface area contributed by atoms with E-state index in [1.165, 1.54) is 4.90 Å². The molecule has 160 valence electrons. The molecule has 8 heteroatoms. The molecule has 3 aliphatic rings. The fourth-order valence-corrected chi connectivity index (χ4v) is 4.74. The first-order chi connectivity index (χ1) is 15.1. The number of amides is 2. The van der Waals surface area contributed by atoms with E-state index in [1.807, 2.05) is 30.3 Å². The van der Waals surface area contributed by atoms with Crippen molar-refractivity contribution in [2.45, 2.75) is 25.4 Å². The summed E-state index contributed by atoms with van der Waals surface area (Å²) in [4.78, 5) is 28.6. The third-order valence-corrected chi connectivity index (χ3v) is 6.46. The number of hydrogen-bond acceptors (Lipinski definition) is 4. The maximum Gasteiger partial charge on any atom is 0.412 e. The molecule has 3 aromatic rings. The molecule has 1 aromatic heterocycles. The molecule has 4 heterocycles. The largest absolute Gasteiger partial charge is 0.465 e. The minimum absolute atomic E-state index is 0.138. The van der Waals surface area contributed by atoms with Crippen LogP contribution in [0.25, 0.3) is 10.9 Å². The van der Waals surface area contributed by atoms with Crippen molar-refractivity contribution >= 4 is 28.6 Å². The lowest BCUT2D eigenvalue weighted by Crippen LogP contribution is -2.57. The molecule has 1 atom stereocenters. The summed E-state index contributed by atoms with van der Waals surface area (Å²) >= 11 is 0. The summed E-state index contributed by atoms with van der Waals surface area (Å²) < 4.78 is 0. The monoisotopic (exact) mass is 419 g/mol. The van der Waals surface area contributed by atoms with E-state index in [2.05, 4.69) is 20.4 Å². The van der Waals surface area contributed by atoms with Crippen molar-refractivity contribution in [2.75, 3.05) is 24.5 Å². The Hall–Kier alpha value is -3.39. The van der Waals surface area contributed by atoms with Crippen molar-refractivity contribution in [3.05, 3.63) is 59.8 Å². The van der Waals surface area contributed by atoms with Gasteiger partial charge < -0.3 is 15.3 Å². The molecular weight excluding hydrogens is 394 g/mol. The van der Waals surface area contributed by atoms with Gasteiger partial charge in [0.25, 0.3) is 5.91 Å². The number of aromatic nitrogens is 2. The number of fused-ring (bicyclic) bond motifs is 4. The van der Waals surface area contributed by atoms with Gasteiger partial charge in [0.05, 0.1) is 12.1 Å². The molecule has 0 radical (unpaired) electrons. The molecule has 2 amide bonds. The van der Waals surface area contributed by atoms with Crippen molar-refractivity contribution in [2.24, 2.45) is 5.92 Å². The fourth-order valence-electron chi connectivity index (χ4n) is 4.74. The number of piperidine rings is 3. The third kappa shape index (κ3) is 3.86. The van der Waals surface area contributed by atoms with Crippen LogP contribution in [0.3, 0.4) is 0 Å². The van der Waals surface area contributed by atoms with Crippen LogP contribution < -0.4 is 10.2 Å². The van der Waals surface area contributed by atoms with Crippen molar-refractivity contribution in [1.82, 2.24) is 20.4 Å². The summed E-state index contributed by atoms with van der Waals surface area (Å²) in [5.41, 5.74) is 2.39. The van der Waals surface area contributed by atoms with E-state index in [-0.39, 0.29) is 18.5 Å². The molecular formula is C23H25N5O3. The molecule has 2 bridgehead atoms. The van der Waals surface area contributed by atoms with E-state index in [4.69, 9.17) is 0 Å². The topological polar surface area (TPSA) is 102 Å². The van der Waals surface area contributed by atoms with Crippen LogP contribution in [0.15, 0.2) is 48.5 Å². The van der Waals surface area contributed by atoms with E-state index in [0.717, 1.165) is 38.0 Å². The van der Waals surface area contributed by atoms with Gasteiger partial charge >= 0.3 is 6.09 Å². The number of anilines is 1. The first kappa shape index (κ1) is 19.6. The van der Waals surface area contributed by atoms with Crippen LogP contribution >= 0.6 is 0 Å². The molecule has 3 fully saturated rings. The van der Waals surface area contributed by atoms with Crippen LogP contribution in [0, 0.1) is 5.92 Å². The Morgan fingerprint density at radius 1 is 1.16 bits per heavy atom. The summed E-state index contributed by atoms with van der Waals surface area (Å²) in [6.07, 6.45) is 1.18. The Labute approximate surface area is 179 Å². The van der Waals surface area contributed by atoms with Crippen LogP contribution in [0.2, 0.25) is 0 Å².